The van der Waals surface area contributed by atoms with Crippen LogP contribution in [0.1, 0.15) is 60.8 Å². The Bertz CT molecular complexity index is 1450. The van der Waals surface area contributed by atoms with E-state index in [9.17, 15) is 18.4 Å². The average molecular weight is 598 g/mol. The van der Waals surface area contributed by atoms with E-state index in [1.807, 2.05) is 36.0 Å². The molecule has 222 valence electrons. The Hall–Kier alpha value is -3.66. The summed E-state index contributed by atoms with van der Waals surface area (Å²) in [6, 6.07) is 15.0. The molecule has 3 aromatic rings. The number of halogens is 2. The molecule has 0 amide bonds. The van der Waals surface area contributed by atoms with Gasteiger partial charge in [0.2, 0.25) is 0 Å². The van der Waals surface area contributed by atoms with E-state index in [1.165, 1.54) is 51.7 Å². The van der Waals surface area contributed by atoms with Gasteiger partial charge in [-0.15, -0.1) is 11.8 Å². The number of phenols is 1. The molecule has 0 saturated heterocycles. The van der Waals surface area contributed by atoms with E-state index in [2.05, 4.69) is 9.72 Å². The van der Waals surface area contributed by atoms with Crippen LogP contribution in [0.15, 0.2) is 59.6 Å². The Kier molecular flexibility index (Phi) is 9.30. The van der Waals surface area contributed by atoms with Crippen molar-refractivity contribution in [2.45, 2.75) is 60.8 Å². The lowest BCUT2D eigenvalue weighted by atomic mass is 10.0. The van der Waals surface area contributed by atoms with Crippen LogP contribution in [-0.4, -0.2) is 41.5 Å². The fourth-order valence-corrected chi connectivity index (χ4v) is 6.22. The molecule has 3 aliphatic rings. The van der Waals surface area contributed by atoms with E-state index in [1.54, 1.807) is 12.1 Å². The Morgan fingerprint density at radius 2 is 1.52 bits per heavy atom. The quantitative estimate of drug-likeness (QED) is 0.278. The summed E-state index contributed by atoms with van der Waals surface area (Å²) in [6.45, 7) is 0.226. The van der Waals surface area contributed by atoms with Crippen LogP contribution >= 0.6 is 11.8 Å². The van der Waals surface area contributed by atoms with Crippen molar-refractivity contribution >= 4 is 23.7 Å². The lowest BCUT2D eigenvalue weighted by Gasteiger charge is -2.24. The summed E-state index contributed by atoms with van der Waals surface area (Å²) in [5, 5.41) is 10.7. The van der Waals surface area contributed by atoms with Crippen LogP contribution in [0.5, 0.6) is 11.5 Å². The number of hydrogen-bond acceptors (Lipinski definition) is 8. The van der Waals surface area contributed by atoms with Gasteiger partial charge in [-0.1, -0.05) is 24.6 Å². The molecule has 0 bridgehead atoms. The van der Waals surface area contributed by atoms with Crippen molar-refractivity contribution < 1.29 is 37.7 Å². The number of rotatable bonds is 9. The van der Waals surface area contributed by atoms with Crippen LogP contribution in [0.3, 0.4) is 0 Å². The number of nitrogens with zero attached hydrogens (tertiary/aromatic N) is 1. The van der Waals surface area contributed by atoms with E-state index in [0.717, 1.165) is 21.8 Å². The topological polar surface area (TPSA) is 95.0 Å². The normalized spacial score (nSPS) is 22.2. The van der Waals surface area contributed by atoms with Gasteiger partial charge < -0.3 is 19.3 Å². The van der Waals surface area contributed by atoms with Crippen LogP contribution in [0.25, 0.3) is 0 Å². The molecule has 1 N–H and O–H groups in total. The molecule has 3 saturated carbocycles. The zero-order chi connectivity index (χ0) is 29.8. The maximum Gasteiger partial charge on any atom is 0.309 e. The van der Waals surface area contributed by atoms with Crippen molar-refractivity contribution in [1.29, 1.82) is 0 Å². The summed E-state index contributed by atoms with van der Waals surface area (Å²) in [7, 11) is 2.72. The molecule has 1 heterocycles. The summed E-state index contributed by atoms with van der Waals surface area (Å²) in [6.07, 6.45) is 5.21. The third kappa shape index (κ3) is 7.21. The third-order valence-electron chi connectivity index (χ3n) is 7.87. The maximum absolute atomic E-state index is 14.4. The van der Waals surface area contributed by atoms with E-state index in [-0.39, 0.29) is 53.7 Å². The van der Waals surface area contributed by atoms with Crippen LogP contribution in [0.2, 0.25) is 0 Å². The smallest absolute Gasteiger partial charge is 0.309 e. The second kappa shape index (κ2) is 13.1. The SMILES string of the molecule is COC(=O)C1CC1c1ccc(O)c(F)c1.COC(=O)C1CC1c1ccc(OCc2cccc(SC3CCC3)n2)c(F)c1. The first kappa shape index (κ1) is 29.8. The number of benzene rings is 2. The van der Waals surface area contributed by atoms with Gasteiger partial charge in [0, 0.05) is 5.25 Å². The fraction of sp³-hybridized carbons (Fsp3) is 0.406. The first-order valence-electron chi connectivity index (χ1n) is 14.0. The Labute approximate surface area is 247 Å². The fourth-order valence-electron chi connectivity index (χ4n) is 4.98. The number of carbonyl (C=O) groups excluding carboxylic acids is 2. The van der Waals surface area contributed by atoms with E-state index >= 15 is 0 Å². The number of pyridine rings is 1. The molecule has 6 rings (SSSR count). The number of phenolic OH excluding ortho intramolecular Hbond substituents is 1. The average Bonchev–Trinajstić information content (AvgIpc) is 3.90. The van der Waals surface area contributed by atoms with Crippen LogP contribution < -0.4 is 4.74 Å². The molecule has 1 aromatic heterocycles. The number of esters is 2. The van der Waals surface area contributed by atoms with Crippen molar-refractivity contribution in [2.24, 2.45) is 11.8 Å². The predicted molar refractivity (Wildman–Crippen MR) is 152 cm³/mol. The Morgan fingerprint density at radius 3 is 2.07 bits per heavy atom. The summed E-state index contributed by atoms with van der Waals surface area (Å²) in [4.78, 5) is 27.3. The van der Waals surface area contributed by atoms with Crippen LogP contribution in [0.4, 0.5) is 8.78 Å². The summed E-state index contributed by atoms with van der Waals surface area (Å²) in [5.41, 5.74) is 2.34. The van der Waals surface area contributed by atoms with Gasteiger partial charge in [-0.05, 0) is 85.0 Å². The molecule has 0 aliphatic heterocycles. The lowest BCUT2D eigenvalue weighted by molar-refractivity contribution is -0.143. The van der Waals surface area contributed by atoms with Crippen molar-refractivity contribution in [3.63, 3.8) is 0 Å². The number of aromatic nitrogens is 1. The van der Waals surface area contributed by atoms with E-state index in [4.69, 9.17) is 14.6 Å². The molecule has 4 atom stereocenters. The highest BCUT2D eigenvalue weighted by Crippen LogP contribution is 2.49. The van der Waals surface area contributed by atoms with Crippen molar-refractivity contribution in [1.82, 2.24) is 4.98 Å². The molecule has 42 heavy (non-hydrogen) atoms. The van der Waals surface area contributed by atoms with Gasteiger partial charge in [-0.2, -0.15) is 0 Å². The zero-order valence-corrected chi connectivity index (χ0v) is 24.2. The number of hydrogen-bond donors (Lipinski definition) is 1. The molecule has 7 nitrogen and oxygen atoms in total. The summed E-state index contributed by atoms with van der Waals surface area (Å²) >= 11 is 1.81. The standard InChI is InChI=1S/C21H22FNO3S.C11H11FO3/c1-25-21(24)17-11-16(17)13-8-9-19(18(22)10-13)26-12-14-4-2-7-20(23-14)27-15-5-3-6-15;1-15-11(14)8-5-7(8)6-2-3-10(13)9(12)4-6/h2,4,7-10,15-17H,3,5-6,11-12H2,1H3;2-4,7-8,13H,5H2,1H3. The van der Waals surface area contributed by atoms with E-state index < -0.39 is 11.6 Å². The Morgan fingerprint density at radius 1 is 0.905 bits per heavy atom. The monoisotopic (exact) mass is 597 g/mol. The largest absolute Gasteiger partial charge is 0.505 e. The summed E-state index contributed by atoms with van der Waals surface area (Å²) in [5.74, 6) is -1.94. The van der Waals surface area contributed by atoms with Crippen molar-refractivity contribution in [3.05, 3.63) is 83.1 Å². The molecular weight excluding hydrogens is 564 g/mol. The molecule has 2 aromatic carbocycles. The first-order chi connectivity index (χ1) is 20.3. The zero-order valence-electron chi connectivity index (χ0n) is 23.4. The van der Waals surface area contributed by atoms with Gasteiger partial charge in [-0.3, -0.25) is 9.59 Å². The second-order valence-corrected chi connectivity index (χ2v) is 12.1. The number of methoxy groups -OCH3 is 2. The highest BCUT2D eigenvalue weighted by atomic mass is 32.2. The third-order valence-corrected chi connectivity index (χ3v) is 9.14. The molecule has 3 aliphatic carbocycles. The van der Waals surface area contributed by atoms with Gasteiger partial charge in [-0.25, -0.2) is 13.8 Å². The molecule has 10 heteroatoms. The molecule has 4 unspecified atom stereocenters. The maximum atomic E-state index is 14.4. The molecule has 0 radical (unpaired) electrons. The molecule has 0 spiro atoms. The highest BCUT2D eigenvalue weighted by molar-refractivity contribution is 7.99. The lowest BCUT2D eigenvalue weighted by Crippen LogP contribution is -2.13. The number of carbonyl (C=O) groups is 2. The highest BCUT2D eigenvalue weighted by Gasteiger charge is 2.46. The van der Waals surface area contributed by atoms with Crippen LogP contribution in [-0.2, 0) is 25.7 Å². The first-order valence-corrected chi connectivity index (χ1v) is 14.8. The number of thioether (sulfide) groups is 1. The second-order valence-electron chi connectivity index (χ2n) is 10.8. The minimum absolute atomic E-state index is 0.0348. The number of ether oxygens (including phenoxy) is 3. The van der Waals surface area contributed by atoms with Gasteiger partial charge in [0.25, 0.3) is 0 Å². The van der Waals surface area contributed by atoms with Crippen molar-refractivity contribution in [3.8, 4) is 11.5 Å². The Balaban J connectivity index is 0.000000199. The minimum atomic E-state index is -0.650. The summed E-state index contributed by atoms with van der Waals surface area (Å²) < 4.78 is 42.4. The van der Waals surface area contributed by atoms with Gasteiger partial charge >= 0.3 is 11.9 Å². The molecular formula is C32H33F2NO6S. The minimum Gasteiger partial charge on any atom is -0.505 e. The predicted octanol–water partition coefficient (Wildman–Crippen LogP) is 6.53. The van der Waals surface area contributed by atoms with Gasteiger partial charge in [0.1, 0.15) is 6.61 Å². The van der Waals surface area contributed by atoms with Crippen molar-refractivity contribution in [2.75, 3.05) is 14.2 Å². The van der Waals surface area contributed by atoms with Gasteiger partial charge in [0.05, 0.1) is 36.8 Å². The van der Waals surface area contributed by atoms with E-state index in [0.29, 0.717) is 18.1 Å². The number of aromatic hydroxyl groups is 1. The molecule has 3 fully saturated rings. The van der Waals surface area contributed by atoms with Crippen LogP contribution in [0, 0.1) is 23.5 Å². The van der Waals surface area contributed by atoms with Gasteiger partial charge in [0.15, 0.2) is 23.1 Å².